The normalized spacial score (nSPS) is 14.5. The van der Waals surface area contributed by atoms with Crippen molar-refractivity contribution in [2.24, 2.45) is 5.41 Å². The van der Waals surface area contributed by atoms with Gasteiger partial charge < -0.3 is 34.3 Å². The number of rotatable bonds is 8. The Bertz CT molecular complexity index is 1090. The fourth-order valence-corrected chi connectivity index (χ4v) is 3.11. The Morgan fingerprint density at radius 1 is 1.03 bits per heavy atom. The van der Waals surface area contributed by atoms with Gasteiger partial charge in [-0.2, -0.15) is 0 Å². The molecule has 1 unspecified atom stereocenters. The molecular formula is C25H30N2O8. The Hall–Kier alpha value is -3.95. The van der Waals surface area contributed by atoms with Crippen LogP contribution in [0.1, 0.15) is 31.1 Å². The number of ether oxygens (including phenoxy) is 5. The summed E-state index contributed by atoms with van der Waals surface area (Å²) < 4.78 is 27.1. The molecule has 0 bridgehead atoms. The van der Waals surface area contributed by atoms with Gasteiger partial charge in [-0.3, -0.25) is 9.59 Å². The van der Waals surface area contributed by atoms with Gasteiger partial charge in [0.2, 0.25) is 5.91 Å². The molecule has 2 amide bonds. The third kappa shape index (κ3) is 6.56. The van der Waals surface area contributed by atoms with E-state index in [-0.39, 0.29) is 42.2 Å². The minimum atomic E-state index is -0.809. The summed E-state index contributed by atoms with van der Waals surface area (Å²) in [6, 6.07) is 10.1. The van der Waals surface area contributed by atoms with Crippen LogP contribution in [0.15, 0.2) is 36.4 Å². The Morgan fingerprint density at radius 2 is 1.69 bits per heavy atom. The molecule has 2 aromatic carbocycles. The number of benzene rings is 2. The summed E-state index contributed by atoms with van der Waals surface area (Å²) in [5, 5.41) is 5.38. The predicted molar refractivity (Wildman–Crippen MR) is 127 cm³/mol. The van der Waals surface area contributed by atoms with E-state index in [9.17, 15) is 14.4 Å². The summed E-state index contributed by atoms with van der Waals surface area (Å²) in [4.78, 5) is 37.6. The molecule has 188 valence electrons. The smallest absolute Gasteiger partial charge is 0.340 e. The summed E-state index contributed by atoms with van der Waals surface area (Å²) in [5.41, 5.74) is -0.507. The maximum absolute atomic E-state index is 12.8. The highest BCUT2D eigenvalue weighted by atomic mass is 16.6. The molecule has 0 saturated carbocycles. The van der Waals surface area contributed by atoms with Crippen molar-refractivity contribution in [3.05, 3.63) is 42.0 Å². The number of anilines is 1. The van der Waals surface area contributed by atoms with Crippen LogP contribution in [0.5, 0.6) is 23.0 Å². The van der Waals surface area contributed by atoms with Crippen molar-refractivity contribution < 1.29 is 38.1 Å². The molecule has 0 spiro atoms. The highest BCUT2D eigenvalue weighted by Gasteiger charge is 2.26. The zero-order valence-corrected chi connectivity index (χ0v) is 20.4. The highest BCUT2D eigenvalue weighted by molar-refractivity contribution is 6.04. The molecule has 1 heterocycles. The number of fused-ring (bicyclic) bond motifs is 1. The number of methoxy groups -OCH3 is 2. The first-order valence-electron chi connectivity index (χ1n) is 11.0. The van der Waals surface area contributed by atoms with Gasteiger partial charge in [0.15, 0.2) is 29.6 Å². The first-order valence-corrected chi connectivity index (χ1v) is 11.0. The number of para-hydroxylation sites is 2. The summed E-state index contributed by atoms with van der Waals surface area (Å²) in [6.45, 7) is 5.15. The second-order valence-electron chi connectivity index (χ2n) is 8.83. The van der Waals surface area contributed by atoms with Crippen LogP contribution in [0.4, 0.5) is 5.69 Å². The Balaban J connectivity index is 1.62. The molecule has 1 aliphatic rings. The summed E-state index contributed by atoms with van der Waals surface area (Å²) in [6.07, 6.45) is -0.380. The summed E-state index contributed by atoms with van der Waals surface area (Å²) in [7, 11) is 2.86. The van der Waals surface area contributed by atoms with E-state index in [2.05, 4.69) is 10.6 Å². The second kappa shape index (κ2) is 11.0. The number of hydrogen-bond acceptors (Lipinski definition) is 8. The van der Waals surface area contributed by atoms with E-state index in [1.165, 1.54) is 26.4 Å². The monoisotopic (exact) mass is 486 g/mol. The van der Waals surface area contributed by atoms with Crippen molar-refractivity contribution in [3.63, 3.8) is 0 Å². The lowest BCUT2D eigenvalue weighted by atomic mass is 9.95. The van der Waals surface area contributed by atoms with E-state index in [0.29, 0.717) is 17.2 Å². The van der Waals surface area contributed by atoms with Gasteiger partial charge in [0.1, 0.15) is 12.7 Å². The van der Waals surface area contributed by atoms with Crippen LogP contribution >= 0.6 is 0 Å². The number of carbonyl (C=O) groups excluding carboxylic acids is 3. The van der Waals surface area contributed by atoms with Gasteiger partial charge in [0, 0.05) is 17.5 Å². The number of hydrogen-bond donors (Lipinski definition) is 2. The van der Waals surface area contributed by atoms with Crippen molar-refractivity contribution >= 4 is 23.5 Å². The molecule has 10 heteroatoms. The van der Waals surface area contributed by atoms with Crippen molar-refractivity contribution in [2.75, 3.05) is 39.3 Å². The third-order valence-corrected chi connectivity index (χ3v) is 5.10. The largest absolute Gasteiger partial charge is 0.493 e. The fourth-order valence-electron chi connectivity index (χ4n) is 3.11. The lowest BCUT2D eigenvalue weighted by molar-refractivity contribution is -0.125. The van der Waals surface area contributed by atoms with Crippen LogP contribution in [0.2, 0.25) is 0 Å². The SMILES string of the molecule is COc1cc(NC(=O)C(C)(C)C)c(C(=O)OCC(=O)NCC2COc3ccccc3O2)cc1OC. The molecule has 1 aliphatic heterocycles. The average molecular weight is 487 g/mol. The van der Waals surface area contributed by atoms with Crippen LogP contribution in [0.25, 0.3) is 0 Å². The third-order valence-electron chi connectivity index (χ3n) is 5.10. The van der Waals surface area contributed by atoms with Gasteiger partial charge in [-0.25, -0.2) is 4.79 Å². The van der Waals surface area contributed by atoms with Gasteiger partial charge in [0.05, 0.1) is 32.0 Å². The molecular weight excluding hydrogens is 456 g/mol. The van der Waals surface area contributed by atoms with Crippen LogP contribution in [0, 0.1) is 5.41 Å². The topological polar surface area (TPSA) is 121 Å². The molecule has 2 N–H and O–H groups in total. The van der Waals surface area contributed by atoms with Crippen LogP contribution < -0.4 is 29.6 Å². The van der Waals surface area contributed by atoms with Gasteiger partial charge in [-0.05, 0) is 12.1 Å². The highest BCUT2D eigenvalue weighted by Crippen LogP contribution is 2.34. The molecule has 3 rings (SSSR count). The fraction of sp³-hybridized carbons (Fsp3) is 0.400. The molecule has 2 aromatic rings. The van der Waals surface area contributed by atoms with Crippen molar-refractivity contribution in [1.82, 2.24) is 5.32 Å². The standard InChI is InChI=1S/C25H30N2O8/c1-25(2,3)24(30)27-17-11-21(32-5)20(31-4)10-16(17)23(29)34-14-22(28)26-12-15-13-33-18-8-6-7-9-19(18)35-15/h6-11,15H,12-14H2,1-5H3,(H,26,28)(H,27,30). The maximum atomic E-state index is 12.8. The van der Waals surface area contributed by atoms with E-state index in [1.54, 1.807) is 32.9 Å². The Kier molecular flexibility index (Phi) is 8.06. The van der Waals surface area contributed by atoms with E-state index >= 15 is 0 Å². The predicted octanol–water partition coefficient (Wildman–Crippen LogP) is 2.80. The van der Waals surface area contributed by atoms with Gasteiger partial charge in [-0.15, -0.1) is 0 Å². The quantitative estimate of drug-likeness (QED) is 0.547. The van der Waals surface area contributed by atoms with Crippen molar-refractivity contribution in [2.45, 2.75) is 26.9 Å². The van der Waals surface area contributed by atoms with Crippen LogP contribution in [-0.4, -0.2) is 57.9 Å². The second-order valence-corrected chi connectivity index (χ2v) is 8.83. The van der Waals surface area contributed by atoms with Gasteiger partial charge in [0.25, 0.3) is 5.91 Å². The maximum Gasteiger partial charge on any atom is 0.340 e. The van der Waals surface area contributed by atoms with Gasteiger partial charge >= 0.3 is 5.97 Å². The first-order chi connectivity index (χ1) is 16.6. The lowest BCUT2D eigenvalue weighted by Crippen LogP contribution is -2.42. The van der Waals surface area contributed by atoms with E-state index < -0.39 is 23.9 Å². The van der Waals surface area contributed by atoms with Crippen LogP contribution in [0.3, 0.4) is 0 Å². The average Bonchev–Trinajstić information content (AvgIpc) is 2.84. The molecule has 35 heavy (non-hydrogen) atoms. The van der Waals surface area contributed by atoms with E-state index in [4.69, 9.17) is 23.7 Å². The minimum absolute atomic E-state index is 0.0219. The Labute approximate surface area is 203 Å². The molecule has 10 nitrogen and oxygen atoms in total. The molecule has 0 aromatic heterocycles. The molecule has 0 aliphatic carbocycles. The zero-order chi connectivity index (χ0) is 25.6. The number of nitrogens with one attached hydrogen (secondary N) is 2. The van der Waals surface area contributed by atoms with Crippen molar-refractivity contribution in [3.8, 4) is 23.0 Å². The van der Waals surface area contributed by atoms with Gasteiger partial charge in [-0.1, -0.05) is 32.9 Å². The number of amides is 2. The first kappa shape index (κ1) is 25.7. The number of esters is 1. The number of carbonyl (C=O) groups is 3. The zero-order valence-electron chi connectivity index (χ0n) is 20.4. The Morgan fingerprint density at radius 3 is 2.34 bits per heavy atom. The molecule has 0 saturated heterocycles. The van der Waals surface area contributed by atoms with E-state index in [1.807, 2.05) is 12.1 Å². The minimum Gasteiger partial charge on any atom is -0.493 e. The summed E-state index contributed by atoms with van der Waals surface area (Å²) in [5.74, 6) is 0.205. The van der Waals surface area contributed by atoms with Crippen LogP contribution in [-0.2, 0) is 14.3 Å². The van der Waals surface area contributed by atoms with E-state index in [0.717, 1.165) is 0 Å². The molecule has 0 fully saturated rings. The molecule has 1 atom stereocenters. The molecule has 0 radical (unpaired) electrons. The lowest BCUT2D eigenvalue weighted by Gasteiger charge is -2.26. The summed E-state index contributed by atoms with van der Waals surface area (Å²) >= 11 is 0. The van der Waals surface area contributed by atoms with Crippen molar-refractivity contribution in [1.29, 1.82) is 0 Å².